The van der Waals surface area contributed by atoms with Gasteiger partial charge >= 0.3 is 0 Å². The molecular weight excluding hydrogens is 207 g/mol. The molecule has 1 aliphatic heterocycles. The van der Waals surface area contributed by atoms with Crippen LogP contribution in [-0.4, -0.2) is 6.71 Å². The topological polar surface area (TPSA) is 9.23 Å². The minimum Gasteiger partial charge on any atom is -0.458 e. The van der Waals surface area contributed by atoms with Crippen molar-refractivity contribution < 1.29 is 4.74 Å². The van der Waals surface area contributed by atoms with Crippen LogP contribution >= 0.6 is 0 Å². The van der Waals surface area contributed by atoms with Gasteiger partial charge in [-0.2, -0.15) is 0 Å². The van der Waals surface area contributed by atoms with E-state index in [0.29, 0.717) is 12.5 Å². The molecule has 84 valence electrons. The Labute approximate surface area is 103 Å². The molecule has 0 aromatic heterocycles. The molecule has 0 atom stereocenters. The first-order chi connectivity index (χ1) is 8.27. The van der Waals surface area contributed by atoms with Gasteiger partial charge in [0.2, 0.25) is 6.71 Å². The minimum atomic E-state index is 0.441. The van der Waals surface area contributed by atoms with E-state index in [4.69, 9.17) is 4.74 Å². The highest BCUT2D eigenvalue weighted by Gasteiger charge is 2.32. The lowest BCUT2D eigenvalue weighted by Crippen LogP contribution is -2.48. The van der Waals surface area contributed by atoms with Crippen molar-refractivity contribution in [2.75, 3.05) is 0 Å². The second-order valence-corrected chi connectivity index (χ2v) is 4.90. The minimum absolute atomic E-state index is 0.441. The summed E-state index contributed by atoms with van der Waals surface area (Å²) in [6, 6.07) is 16.7. The van der Waals surface area contributed by atoms with Gasteiger partial charge in [0.1, 0.15) is 11.5 Å². The van der Waals surface area contributed by atoms with E-state index < -0.39 is 0 Å². The molecule has 0 N–H and O–H groups in total. The number of para-hydroxylation sites is 2. The predicted octanol–water partition coefficient (Wildman–Crippen LogP) is 2.81. The summed E-state index contributed by atoms with van der Waals surface area (Å²) < 4.78 is 5.96. The lowest BCUT2D eigenvalue weighted by atomic mass is 9.33. The summed E-state index contributed by atoms with van der Waals surface area (Å²) in [6.45, 7) is 4.98. The third-order valence-electron chi connectivity index (χ3n) is 3.39. The zero-order chi connectivity index (χ0) is 11.8. The number of hydrogen-bond donors (Lipinski definition) is 0. The largest absolute Gasteiger partial charge is 0.458 e. The Morgan fingerprint density at radius 1 is 0.824 bits per heavy atom. The Kier molecular flexibility index (Phi) is 2.43. The van der Waals surface area contributed by atoms with Crippen molar-refractivity contribution in [3.8, 4) is 11.5 Å². The Bertz CT molecular complexity index is 503. The monoisotopic (exact) mass is 222 g/mol. The fourth-order valence-electron chi connectivity index (χ4n) is 2.67. The van der Waals surface area contributed by atoms with E-state index in [-0.39, 0.29) is 0 Å². The fraction of sp³-hybridized carbons (Fsp3) is 0.200. The van der Waals surface area contributed by atoms with E-state index in [0.717, 1.165) is 11.5 Å². The van der Waals surface area contributed by atoms with Gasteiger partial charge in [-0.05, 0) is 23.1 Å². The molecular formula is C15H15BO. The van der Waals surface area contributed by atoms with Crippen molar-refractivity contribution >= 4 is 17.6 Å². The first-order valence-electron chi connectivity index (χ1n) is 6.13. The molecule has 3 rings (SSSR count). The normalized spacial score (nSPS) is 13.0. The molecule has 2 heteroatoms. The summed E-state index contributed by atoms with van der Waals surface area (Å²) >= 11 is 0. The maximum absolute atomic E-state index is 5.96. The van der Waals surface area contributed by atoms with E-state index in [1.807, 2.05) is 12.1 Å². The van der Waals surface area contributed by atoms with Crippen LogP contribution in [0.5, 0.6) is 11.5 Å². The fourth-order valence-corrected chi connectivity index (χ4v) is 2.67. The van der Waals surface area contributed by atoms with Crippen LogP contribution in [0.15, 0.2) is 48.5 Å². The molecule has 0 bridgehead atoms. The summed E-state index contributed by atoms with van der Waals surface area (Å²) in [5.74, 6) is 2.58. The van der Waals surface area contributed by atoms with Crippen LogP contribution in [0.4, 0.5) is 0 Å². The molecule has 0 spiro atoms. The summed E-state index contributed by atoms with van der Waals surface area (Å²) in [7, 11) is 0. The summed E-state index contributed by atoms with van der Waals surface area (Å²) in [6.07, 6.45) is 0. The Balaban J connectivity index is 2.21. The van der Waals surface area contributed by atoms with Crippen LogP contribution in [0.1, 0.15) is 13.8 Å². The standard InChI is InChI=1S/C15H15BO/c1-11(2)16-12-7-3-5-9-14(12)17-15-10-6-4-8-13(15)16/h3-11H,1-2H3. The molecule has 0 aliphatic carbocycles. The molecule has 17 heavy (non-hydrogen) atoms. The smallest absolute Gasteiger partial charge is 0.221 e. The van der Waals surface area contributed by atoms with E-state index in [9.17, 15) is 0 Å². The quantitative estimate of drug-likeness (QED) is 0.674. The zero-order valence-corrected chi connectivity index (χ0v) is 10.2. The molecule has 2 aromatic rings. The Morgan fingerprint density at radius 3 is 1.76 bits per heavy atom. The average molecular weight is 222 g/mol. The van der Waals surface area contributed by atoms with Gasteiger partial charge in [-0.25, -0.2) is 0 Å². The lowest BCUT2D eigenvalue weighted by molar-refractivity contribution is 0.487. The summed E-state index contributed by atoms with van der Waals surface area (Å²) in [5.41, 5.74) is 2.61. The SMILES string of the molecule is CC(C)B1c2ccccc2Oc2ccccc21. The lowest BCUT2D eigenvalue weighted by Gasteiger charge is -2.28. The Morgan fingerprint density at radius 2 is 1.29 bits per heavy atom. The molecule has 2 aromatic carbocycles. The molecule has 0 saturated carbocycles. The van der Waals surface area contributed by atoms with Crippen LogP contribution in [0.25, 0.3) is 0 Å². The van der Waals surface area contributed by atoms with Crippen LogP contribution < -0.4 is 15.7 Å². The summed E-state index contributed by atoms with van der Waals surface area (Å²) in [5, 5.41) is 0. The zero-order valence-electron chi connectivity index (χ0n) is 10.2. The van der Waals surface area contributed by atoms with Gasteiger partial charge in [-0.1, -0.05) is 56.1 Å². The number of hydrogen-bond acceptors (Lipinski definition) is 1. The maximum atomic E-state index is 5.96. The molecule has 0 radical (unpaired) electrons. The van der Waals surface area contributed by atoms with E-state index in [1.165, 1.54) is 10.9 Å². The van der Waals surface area contributed by atoms with E-state index in [2.05, 4.69) is 50.2 Å². The van der Waals surface area contributed by atoms with Gasteiger partial charge in [0.05, 0.1) is 0 Å². The third-order valence-corrected chi connectivity index (χ3v) is 3.39. The first kappa shape index (κ1) is 10.5. The van der Waals surface area contributed by atoms with Crippen LogP contribution in [0.3, 0.4) is 0 Å². The van der Waals surface area contributed by atoms with Gasteiger partial charge in [-0.3, -0.25) is 0 Å². The van der Waals surface area contributed by atoms with Crippen LogP contribution in [-0.2, 0) is 0 Å². The molecule has 1 nitrogen and oxygen atoms in total. The van der Waals surface area contributed by atoms with Gasteiger partial charge in [-0.15, -0.1) is 0 Å². The number of fused-ring (bicyclic) bond motifs is 2. The van der Waals surface area contributed by atoms with Gasteiger partial charge in [0, 0.05) is 0 Å². The van der Waals surface area contributed by atoms with Crippen molar-refractivity contribution in [2.45, 2.75) is 19.7 Å². The van der Waals surface area contributed by atoms with Gasteiger partial charge in [0.15, 0.2) is 0 Å². The number of ether oxygens (including phenoxy) is 1. The van der Waals surface area contributed by atoms with Gasteiger partial charge in [0.25, 0.3) is 0 Å². The van der Waals surface area contributed by atoms with Crippen molar-refractivity contribution in [1.29, 1.82) is 0 Å². The molecule has 0 amide bonds. The van der Waals surface area contributed by atoms with Crippen molar-refractivity contribution in [2.24, 2.45) is 0 Å². The summed E-state index contributed by atoms with van der Waals surface area (Å²) in [4.78, 5) is 0. The van der Waals surface area contributed by atoms with Crippen molar-refractivity contribution in [3.63, 3.8) is 0 Å². The highest BCUT2D eigenvalue weighted by Crippen LogP contribution is 2.27. The van der Waals surface area contributed by atoms with Crippen LogP contribution in [0.2, 0.25) is 5.82 Å². The number of rotatable bonds is 1. The van der Waals surface area contributed by atoms with Gasteiger partial charge < -0.3 is 4.74 Å². The average Bonchev–Trinajstić information content (AvgIpc) is 2.35. The molecule has 0 unspecified atom stereocenters. The van der Waals surface area contributed by atoms with E-state index in [1.54, 1.807) is 0 Å². The maximum Gasteiger partial charge on any atom is 0.221 e. The second kappa shape index (κ2) is 3.95. The third kappa shape index (κ3) is 1.64. The molecule has 0 saturated heterocycles. The highest BCUT2D eigenvalue weighted by molar-refractivity contribution is 6.87. The second-order valence-electron chi connectivity index (χ2n) is 4.90. The van der Waals surface area contributed by atoms with E-state index >= 15 is 0 Å². The first-order valence-corrected chi connectivity index (χ1v) is 6.13. The van der Waals surface area contributed by atoms with Crippen molar-refractivity contribution in [3.05, 3.63) is 48.5 Å². The number of benzene rings is 2. The van der Waals surface area contributed by atoms with Crippen molar-refractivity contribution in [1.82, 2.24) is 0 Å². The Hall–Kier alpha value is -1.70. The molecule has 1 aliphatic rings. The predicted molar refractivity (Wildman–Crippen MR) is 73.1 cm³/mol. The van der Waals surface area contributed by atoms with Crippen LogP contribution in [0, 0.1) is 0 Å². The molecule has 0 fully saturated rings. The molecule has 1 heterocycles. The highest BCUT2D eigenvalue weighted by atomic mass is 16.5.